The van der Waals surface area contributed by atoms with Crippen LogP contribution in [0.15, 0.2) is 16.8 Å². The molecule has 4 aliphatic rings. The maximum atomic E-state index is 12.9. The van der Waals surface area contributed by atoms with Gasteiger partial charge in [0.2, 0.25) is 0 Å². The van der Waals surface area contributed by atoms with Gasteiger partial charge >= 0.3 is 0 Å². The molecular formula is C21H29NO3. The molecule has 0 saturated heterocycles. The molecule has 0 heterocycles. The number of oxime groups is 1. The molecule has 25 heavy (non-hydrogen) atoms. The normalized spacial score (nSPS) is 47.0. The van der Waals surface area contributed by atoms with Crippen molar-refractivity contribution in [3.8, 4) is 0 Å². The second kappa shape index (κ2) is 5.52. The zero-order chi connectivity index (χ0) is 18.0. The average Bonchev–Trinajstić information content (AvgIpc) is 2.93. The summed E-state index contributed by atoms with van der Waals surface area (Å²) in [4.78, 5) is 24.8. The van der Waals surface area contributed by atoms with Crippen LogP contribution in [-0.2, 0) is 9.59 Å². The minimum absolute atomic E-state index is 0.118. The third kappa shape index (κ3) is 2.22. The Hall–Kier alpha value is -1.45. The van der Waals surface area contributed by atoms with Crippen molar-refractivity contribution in [1.82, 2.24) is 0 Å². The molecule has 0 radical (unpaired) electrons. The number of Topliss-reactive ketones (excluding diaryl/α,β-unsaturated/α-hetero) is 1. The Morgan fingerprint density at radius 3 is 2.64 bits per heavy atom. The molecule has 4 heteroatoms. The van der Waals surface area contributed by atoms with Crippen LogP contribution in [0.4, 0.5) is 0 Å². The lowest BCUT2D eigenvalue weighted by Crippen LogP contribution is -2.53. The summed E-state index contributed by atoms with van der Waals surface area (Å²) in [5.41, 5.74) is 1.68. The van der Waals surface area contributed by atoms with Gasteiger partial charge in [0.1, 0.15) is 0 Å². The fraction of sp³-hybridized carbons (Fsp3) is 0.762. The highest BCUT2D eigenvalue weighted by Gasteiger charge is 2.60. The van der Waals surface area contributed by atoms with Crippen LogP contribution in [0, 0.1) is 34.5 Å². The molecule has 4 rings (SSSR count). The third-order valence-corrected chi connectivity index (χ3v) is 8.45. The van der Waals surface area contributed by atoms with Gasteiger partial charge in [-0.05, 0) is 73.7 Å². The van der Waals surface area contributed by atoms with Crippen LogP contribution in [0.3, 0.4) is 0 Å². The van der Waals surface area contributed by atoms with Crippen molar-refractivity contribution < 1.29 is 14.8 Å². The number of hydrogen-bond donors (Lipinski definition) is 1. The first-order chi connectivity index (χ1) is 11.8. The standard InChI is InChI=1S/C21H29NO3/c1-12(22-25)15-4-5-16-14-11-19(24)18-10-13(23)6-8-21(18,3)17(14)7-9-20(15,16)2/h10,14-17,25H,4-9,11H2,1-3H3/b22-12+/t14-,15+,16-,17-,20+,21?/m0/s1. The zero-order valence-electron chi connectivity index (χ0n) is 15.5. The second-order valence-corrected chi connectivity index (χ2v) is 9.36. The highest BCUT2D eigenvalue weighted by Crippen LogP contribution is 2.66. The van der Waals surface area contributed by atoms with E-state index in [0.717, 1.165) is 43.4 Å². The van der Waals surface area contributed by atoms with Gasteiger partial charge in [-0.2, -0.15) is 0 Å². The number of nitrogens with zero attached hydrogens (tertiary/aromatic N) is 1. The summed E-state index contributed by atoms with van der Waals surface area (Å²) >= 11 is 0. The van der Waals surface area contributed by atoms with Crippen LogP contribution in [0.25, 0.3) is 0 Å². The minimum Gasteiger partial charge on any atom is -0.411 e. The maximum Gasteiger partial charge on any atom is 0.159 e. The van der Waals surface area contributed by atoms with Crippen molar-refractivity contribution in [3.63, 3.8) is 0 Å². The zero-order valence-corrected chi connectivity index (χ0v) is 15.5. The molecule has 0 aromatic carbocycles. The number of rotatable bonds is 1. The fourth-order valence-corrected chi connectivity index (χ4v) is 7.14. The number of carbonyl (C=O) groups excluding carboxylic acids is 2. The molecule has 0 aromatic rings. The molecule has 6 atom stereocenters. The number of allylic oxidation sites excluding steroid dienone is 1. The van der Waals surface area contributed by atoms with Crippen molar-refractivity contribution in [2.24, 2.45) is 39.7 Å². The molecule has 0 aromatic heterocycles. The molecule has 4 nitrogen and oxygen atoms in total. The van der Waals surface area contributed by atoms with Gasteiger partial charge in [-0.3, -0.25) is 9.59 Å². The van der Waals surface area contributed by atoms with Crippen LogP contribution in [-0.4, -0.2) is 22.5 Å². The summed E-state index contributed by atoms with van der Waals surface area (Å²) in [7, 11) is 0. The second-order valence-electron chi connectivity index (χ2n) is 9.36. The van der Waals surface area contributed by atoms with Crippen LogP contribution in [0.5, 0.6) is 0 Å². The Morgan fingerprint density at radius 1 is 1.16 bits per heavy atom. The molecule has 136 valence electrons. The molecular weight excluding hydrogens is 314 g/mol. The molecule has 0 amide bonds. The lowest BCUT2D eigenvalue weighted by molar-refractivity contribution is -0.130. The molecule has 3 saturated carbocycles. The third-order valence-electron chi connectivity index (χ3n) is 8.45. The van der Waals surface area contributed by atoms with Crippen LogP contribution in [0.1, 0.15) is 65.7 Å². The van der Waals surface area contributed by atoms with Crippen molar-refractivity contribution in [1.29, 1.82) is 0 Å². The van der Waals surface area contributed by atoms with Gasteiger partial charge in [-0.25, -0.2) is 0 Å². The molecule has 1 unspecified atom stereocenters. The average molecular weight is 343 g/mol. The van der Waals surface area contributed by atoms with E-state index < -0.39 is 0 Å². The molecule has 0 bridgehead atoms. The van der Waals surface area contributed by atoms with Crippen LogP contribution < -0.4 is 0 Å². The van der Waals surface area contributed by atoms with E-state index in [-0.39, 0.29) is 22.4 Å². The van der Waals surface area contributed by atoms with Gasteiger partial charge < -0.3 is 5.21 Å². The Bertz CT molecular complexity index is 693. The van der Waals surface area contributed by atoms with E-state index in [0.29, 0.717) is 36.5 Å². The summed E-state index contributed by atoms with van der Waals surface area (Å²) in [6.45, 7) is 6.52. The predicted molar refractivity (Wildman–Crippen MR) is 95.5 cm³/mol. The van der Waals surface area contributed by atoms with Crippen molar-refractivity contribution in [2.75, 3.05) is 0 Å². The van der Waals surface area contributed by atoms with Crippen molar-refractivity contribution in [2.45, 2.75) is 65.7 Å². The van der Waals surface area contributed by atoms with Crippen molar-refractivity contribution >= 4 is 17.3 Å². The summed E-state index contributed by atoms with van der Waals surface area (Å²) in [6, 6.07) is 0. The van der Waals surface area contributed by atoms with Gasteiger partial charge in [0.15, 0.2) is 11.6 Å². The number of fused-ring (bicyclic) bond motifs is 5. The van der Waals surface area contributed by atoms with Crippen LogP contribution in [0.2, 0.25) is 0 Å². The molecule has 0 spiro atoms. The van der Waals surface area contributed by atoms with Gasteiger partial charge in [0.05, 0.1) is 5.71 Å². The van der Waals surface area contributed by atoms with E-state index in [1.54, 1.807) is 6.08 Å². The van der Waals surface area contributed by atoms with E-state index in [9.17, 15) is 14.8 Å². The predicted octanol–water partition coefficient (Wildman–Crippen LogP) is 4.16. The molecule has 0 aliphatic heterocycles. The monoisotopic (exact) mass is 343 g/mol. The Kier molecular flexibility index (Phi) is 3.75. The van der Waals surface area contributed by atoms with Crippen molar-refractivity contribution in [3.05, 3.63) is 11.6 Å². The first-order valence-corrected chi connectivity index (χ1v) is 9.78. The highest BCUT2D eigenvalue weighted by atomic mass is 16.4. The van der Waals surface area contributed by atoms with Crippen LogP contribution >= 0.6 is 0 Å². The molecule has 4 aliphatic carbocycles. The summed E-state index contributed by atoms with van der Waals surface area (Å²) in [6.07, 6.45) is 8.09. The highest BCUT2D eigenvalue weighted by molar-refractivity contribution is 6.05. The van der Waals surface area contributed by atoms with Gasteiger partial charge in [0.25, 0.3) is 0 Å². The molecule has 1 N–H and O–H groups in total. The quantitative estimate of drug-likeness (QED) is 0.441. The van der Waals surface area contributed by atoms with E-state index in [4.69, 9.17) is 0 Å². The van der Waals surface area contributed by atoms with Gasteiger partial charge in [-0.1, -0.05) is 19.0 Å². The number of ketones is 2. The first kappa shape index (κ1) is 17.0. The van der Waals surface area contributed by atoms with Gasteiger partial charge in [-0.15, -0.1) is 0 Å². The molecule has 3 fully saturated rings. The maximum absolute atomic E-state index is 12.9. The summed E-state index contributed by atoms with van der Waals surface area (Å²) in [5.74, 6) is 2.10. The topological polar surface area (TPSA) is 66.7 Å². The number of carbonyl (C=O) groups is 2. The Labute approximate surface area is 149 Å². The van der Waals surface area contributed by atoms with E-state index in [1.165, 1.54) is 0 Å². The lowest BCUT2D eigenvalue weighted by atomic mass is 9.46. The van der Waals surface area contributed by atoms with E-state index in [1.807, 2.05) is 6.92 Å². The Balaban J connectivity index is 1.71. The Morgan fingerprint density at radius 2 is 1.92 bits per heavy atom. The summed E-state index contributed by atoms with van der Waals surface area (Å²) in [5, 5.41) is 12.8. The van der Waals surface area contributed by atoms with E-state index >= 15 is 0 Å². The fourth-order valence-electron chi connectivity index (χ4n) is 7.14. The minimum atomic E-state index is -0.118. The first-order valence-electron chi connectivity index (χ1n) is 9.78. The lowest BCUT2D eigenvalue weighted by Gasteiger charge is -2.57. The number of hydrogen-bond acceptors (Lipinski definition) is 4. The largest absolute Gasteiger partial charge is 0.411 e. The van der Waals surface area contributed by atoms with E-state index in [2.05, 4.69) is 19.0 Å². The summed E-state index contributed by atoms with van der Waals surface area (Å²) < 4.78 is 0. The smallest absolute Gasteiger partial charge is 0.159 e. The van der Waals surface area contributed by atoms with Gasteiger partial charge in [0, 0.05) is 24.3 Å². The SMILES string of the molecule is C/C(=N\O)[C@H]1CC[C@H]2[C@@H]3CC(=O)C4=CC(=O)CCC4(C)[C@H]3CC[C@]12C.